The molecule has 118 valence electrons. The smallest absolute Gasteiger partial charge is 0.341 e. The summed E-state index contributed by atoms with van der Waals surface area (Å²) in [7, 11) is -2.47. The van der Waals surface area contributed by atoms with E-state index in [2.05, 4.69) is 15.3 Å². The van der Waals surface area contributed by atoms with Gasteiger partial charge in [-0.05, 0) is 30.9 Å². The fraction of sp³-hybridized carbons (Fsp3) is 0.583. The lowest BCUT2D eigenvalue weighted by molar-refractivity contribution is 0.0695. The third-order valence-corrected chi connectivity index (χ3v) is 5.38. The van der Waals surface area contributed by atoms with E-state index < -0.39 is 16.6 Å². The number of rotatable bonds is 4. The van der Waals surface area contributed by atoms with E-state index in [0.29, 0.717) is 36.5 Å². The second-order valence-corrected chi connectivity index (χ2v) is 7.71. The topological polar surface area (TPSA) is 116 Å². The average Bonchev–Trinajstić information content (AvgIpc) is 2.40. The quantitative estimate of drug-likeness (QED) is 0.625. The first kappa shape index (κ1) is 16.3. The van der Waals surface area contributed by atoms with Gasteiger partial charge in [-0.25, -0.2) is 9.78 Å². The summed E-state index contributed by atoms with van der Waals surface area (Å²) in [6, 6.07) is -0.0568. The van der Waals surface area contributed by atoms with E-state index in [9.17, 15) is 19.0 Å². The molecule has 0 spiro atoms. The van der Waals surface area contributed by atoms with Crippen LogP contribution in [0.3, 0.4) is 0 Å². The van der Waals surface area contributed by atoms with Gasteiger partial charge in [-0.3, -0.25) is 9.11 Å². The van der Waals surface area contributed by atoms with Crippen molar-refractivity contribution in [2.24, 2.45) is 0 Å². The number of aryl methyl sites for hydroxylation is 1. The first-order valence-corrected chi connectivity index (χ1v) is 8.88. The lowest BCUT2D eigenvalue weighted by atomic mass is 10.1. The molecule has 2 heterocycles. The van der Waals surface area contributed by atoms with Gasteiger partial charge < -0.3 is 10.4 Å². The summed E-state index contributed by atoms with van der Waals surface area (Å²) in [6.07, 6.45) is 1.53. The maximum Gasteiger partial charge on any atom is 0.341 e. The van der Waals surface area contributed by atoms with Crippen LogP contribution >= 0.6 is 22.2 Å². The fourth-order valence-electron chi connectivity index (χ4n) is 2.31. The number of carboxylic acid groups (broad SMARTS) is 1. The van der Waals surface area contributed by atoms with E-state index in [1.807, 2.05) is 0 Å². The van der Waals surface area contributed by atoms with Crippen LogP contribution in [0.4, 0.5) is 5.82 Å². The van der Waals surface area contributed by atoms with Gasteiger partial charge in [-0.1, -0.05) is 6.92 Å². The Balaban J connectivity index is 2.23. The van der Waals surface area contributed by atoms with Gasteiger partial charge in [0.25, 0.3) is 0 Å². The minimum absolute atomic E-state index is 0.000511. The highest BCUT2D eigenvalue weighted by Gasteiger charge is 2.26. The molecule has 1 aromatic heterocycles. The number of anilines is 1. The summed E-state index contributed by atoms with van der Waals surface area (Å²) in [5.74, 6) is -0.284. The van der Waals surface area contributed by atoms with Crippen LogP contribution in [-0.2, 0) is 6.42 Å². The van der Waals surface area contributed by atoms with Gasteiger partial charge in [-0.15, -0.1) is 0 Å². The highest BCUT2D eigenvalue weighted by atomic mass is 35.5. The van der Waals surface area contributed by atoms with Crippen molar-refractivity contribution in [1.82, 2.24) is 9.97 Å². The molecule has 0 unspecified atom stereocenters. The van der Waals surface area contributed by atoms with Crippen molar-refractivity contribution >= 4 is 34.0 Å². The maximum atomic E-state index is 11.4. The summed E-state index contributed by atoms with van der Waals surface area (Å²) in [5, 5.41) is 12.4. The van der Waals surface area contributed by atoms with E-state index in [-0.39, 0.29) is 22.7 Å². The number of carboxylic acids is 1. The summed E-state index contributed by atoms with van der Waals surface area (Å²) in [6.45, 7) is 1.80. The largest absolute Gasteiger partial charge is 0.477 e. The predicted molar refractivity (Wildman–Crippen MR) is 82.6 cm³/mol. The molecule has 1 fully saturated rings. The highest BCUT2D eigenvalue weighted by Crippen LogP contribution is 2.44. The summed E-state index contributed by atoms with van der Waals surface area (Å²) >= 11 is 5.84. The third-order valence-electron chi connectivity index (χ3n) is 3.43. The molecule has 1 saturated heterocycles. The van der Waals surface area contributed by atoms with Crippen LogP contribution in [-0.4, -0.2) is 47.7 Å². The van der Waals surface area contributed by atoms with Crippen LogP contribution in [0.5, 0.6) is 0 Å². The Labute approximate surface area is 129 Å². The second-order valence-electron chi connectivity index (χ2n) is 4.95. The number of carbonyl (C=O) groups is 1. The number of aromatic carboxylic acids is 1. The van der Waals surface area contributed by atoms with Gasteiger partial charge >= 0.3 is 5.97 Å². The van der Waals surface area contributed by atoms with Gasteiger partial charge in [0.1, 0.15) is 11.4 Å². The van der Waals surface area contributed by atoms with Crippen LogP contribution in [0.2, 0.25) is 5.28 Å². The Morgan fingerprint density at radius 3 is 2.52 bits per heavy atom. The minimum Gasteiger partial charge on any atom is -0.477 e. The maximum absolute atomic E-state index is 11.4. The van der Waals surface area contributed by atoms with Crippen molar-refractivity contribution in [2.75, 3.05) is 16.8 Å². The molecule has 1 aliphatic rings. The van der Waals surface area contributed by atoms with Crippen molar-refractivity contribution in [1.29, 1.82) is 0 Å². The molecule has 0 amide bonds. The van der Waals surface area contributed by atoms with Gasteiger partial charge in [0.2, 0.25) is 5.28 Å². The van der Waals surface area contributed by atoms with E-state index >= 15 is 0 Å². The number of nitrogens with one attached hydrogen (secondary N) is 1. The van der Waals surface area contributed by atoms with Crippen LogP contribution in [0.15, 0.2) is 0 Å². The lowest BCUT2D eigenvalue weighted by Crippen LogP contribution is -2.31. The van der Waals surface area contributed by atoms with E-state index in [1.54, 1.807) is 6.92 Å². The molecule has 0 aliphatic carbocycles. The zero-order valence-electron chi connectivity index (χ0n) is 11.5. The van der Waals surface area contributed by atoms with Crippen LogP contribution in [0, 0.1) is 0 Å². The Morgan fingerprint density at radius 2 is 2.00 bits per heavy atom. The fourth-order valence-corrected chi connectivity index (χ4v) is 4.02. The van der Waals surface area contributed by atoms with Crippen molar-refractivity contribution in [3.8, 4) is 0 Å². The molecule has 9 heteroatoms. The van der Waals surface area contributed by atoms with Crippen molar-refractivity contribution in [2.45, 2.75) is 32.2 Å². The Bertz CT molecular complexity index is 546. The SMILES string of the molecule is CCc1nc(Cl)nc(NC2CCS(O)(O)CC2)c1C(=O)O. The molecule has 2 rings (SSSR count). The van der Waals surface area contributed by atoms with Crippen molar-refractivity contribution < 1.29 is 19.0 Å². The molecule has 1 aromatic rings. The molecule has 0 bridgehead atoms. The Kier molecular flexibility index (Phi) is 4.92. The van der Waals surface area contributed by atoms with Gasteiger partial charge in [0.05, 0.1) is 5.69 Å². The number of hydrogen-bond donors (Lipinski definition) is 4. The highest BCUT2D eigenvalue weighted by molar-refractivity contribution is 8.24. The molecule has 1 aliphatic heterocycles. The van der Waals surface area contributed by atoms with E-state index in [4.69, 9.17) is 11.6 Å². The summed E-state index contributed by atoms with van der Waals surface area (Å²) < 4.78 is 19.2. The van der Waals surface area contributed by atoms with Crippen molar-refractivity contribution in [3.05, 3.63) is 16.5 Å². The second kappa shape index (κ2) is 6.35. The van der Waals surface area contributed by atoms with Crippen LogP contribution in [0.1, 0.15) is 35.8 Å². The Morgan fingerprint density at radius 1 is 1.38 bits per heavy atom. The van der Waals surface area contributed by atoms with E-state index in [1.165, 1.54) is 0 Å². The Hall–Kier alpha value is -1.09. The molecular formula is C12H18ClN3O4S. The third kappa shape index (κ3) is 3.97. The van der Waals surface area contributed by atoms with E-state index in [0.717, 1.165) is 0 Å². The number of hydrogen-bond acceptors (Lipinski definition) is 6. The number of nitrogens with zero attached hydrogens (tertiary/aromatic N) is 2. The minimum atomic E-state index is -2.47. The van der Waals surface area contributed by atoms with Gasteiger partial charge in [-0.2, -0.15) is 15.6 Å². The van der Waals surface area contributed by atoms with Crippen molar-refractivity contribution in [3.63, 3.8) is 0 Å². The molecule has 0 aromatic carbocycles. The zero-order valence-corrected chi connectivity index (χ0v) is 13.1. The van der Waals surface area contributed by atoms with Crippen LogP contribution < -0.4 is 5.32 Å². The predicted octanol–water partition coefficient (Wildman–Crippen LogP) is 2.72. The number of halogens is 1. The normalized spacial score (nSPS) is 20.0. The molecule has 4 N–H and O–H groups in total. The first-order valence-electron chi connectivity index (χ1n) is 6.62. The molecule has 0 saturated carbocycles. The monoisotopic (exact) mass is 335 g/mol. The molecule has 0 radical (unpaired) electrons. The number of aromatic nitrogens is 2. The average molecular weight is 336 g/mol. The molecule has 21 heavy (non-hydrogen) atoms. The molecular weight excluding hydrogens is 318 g/mol. The first-order chi connectivity index (χ1) is 9.82. The summed E-state index contributed by atoms with van der Waals surface area (Å²) in [5.41, 5.74) is 0.407. The standard InChI is InChI=1S/C12H18ClN3O4S/c1-2-8-9(11(17)18)10(16-12(13)15-8)14-7-3-5-21(19,20)6-4-7/h7,19-20H,2-6H2,1H3,(H,17,18)(H,14,15,16). The zero-order chi connectivity index (χ0) is 15.6. The van der Waals surface area contributed by atoms with Gasteiger partial charge in [0.15, 0.2) is 0 Å². The van der Waals surface area contributed by atoms with Gasteiger partial charge in [0, 0.05) is 17.5 Å². The summed E-state index contributed by atoms with van der Waals surface area (Å²) in [4.78, 5) is 19.3. The van der Waals surface area contributed by atoms with Crippen LogP contribution in [0.25, 0.3) is 0 Å². The lowest BCUT2D eigenvalue weighted by Gasteiger charge is -2.39. The molecule has 0 atom stereocenters. The molecule has 7 nitrogen and oxygen atoms in total.